The van der Waals surface area contributed by atoms with E-state index in [0.29, 0.717) is 17.1 Å². The molecular formula is C15H16ClN3O. The second-order valence-electron chi connectivity index (χ2n) is 5.12. The van der Waals surface area contributed by atoms with Crippen LogP contribution in [0.4, 0.5) is 0 Å². The van der Waals surface area contributed by atoms with Crippen LogP contribution in [-0.2, 0) is 13.1 Å². The molecule has 2 heterocycles. The number of rotatable bonds is 1. The number of aromatic nitrogens is 2. The summed E-state index contributed by atoms with van der Waals surface area (Å²) in [5, 5.41) is 0.635. The molecule has 1 aliphatic heterocycles. The molecule has 3 rings (SSSR count). The second-order valence-corrected chi connectivity index (χ2v) is 5.53. The van der Waals surface area contributed by atoms with Crippen LogP contribution in [0.15, 0.2) is 30.7 Å². The van der Waals surface area contributed by atoms with Gasteiger partial charge in [-0.3, -0.25) is 4.79 Å². The van der Waals surface area contributed by atoms with Gasteiger partial charge in [-0.2, -0.15) is 0 Å². The lowest BCUT2D eigenvalue weighted by molar-refractivity contribution is 0.0745. The average molecular weight is 290 g/mol. The van der Waals surface area contributed by atoms with Gasteiger partial charge in [0.25, 0.3) is 5.91 Å². The SMILES string of the molecule is Cc1ccc(C(=O)N2CCCn3cncc3C2)cc1Cl. The van der Waals surface area contributed by atoms with Crippen molar-refractivity contribution in [1.29, 1.82) is 0 Å². The van der Waals surface area contributed by atoms with Gasteiger partial charge in [0.1, 0.15) is 0 Å². The van der Waals surface area contributed by atoms with Crippen LogP contribution in [0.25, 0.3) is 0 Å². The number of benzene rings is 1. The molecule has 0 aliphatic carbocycles. The number of imidazole rings is 1. The number of fused-ring (bicyclic) bond motifs is 1. The van der Waals surface area contributed by atoms with E-state index in [0.717, 1.165) is 30.8 Å². The Bertz CT molecular complexity index is 650. The summed E-state index contributed by atoms with van der Waals surface area (Å²) in [6.07, 6.45) is 4.59. The normalized spacial score (nSPS) is 14.8. The summed E-state index contributed by atoms with van der Waals surface area (Å²) in [4.78, 5) is 18.6. The second kappa shape index (κ2) is 5.29. The van der Waals surface area contributed by atoms with Gasteiger partial charge < -0.3 is 9.47 Å². The Morgan fingerprint density at radius 3 is 3.00 bits per heavy atom. The van der Waals surface area contributed by atoms with Crippen molar-refractivity contribution in [3.8, 4) is 0 Å². The zero-order valence-corrected chi connectivity index (χ0v) is 12.1. The molecule has 0 atom stereocenters. The quantitative estimate of drug-likeness (QED) is 0.809. The number of carbonyl (C=O) groups excluding carboxylic acids is 1. The molecule has 0 spiro atoms. The van der Waals surface area contributed by atoms with Crippen molar-refractivity contribution >= 4 is 17.5 Å². The highest BCUT2D eigenvalue weighted by Gasteiger charge is 2.20. The summed E-state index contributed by atoms with van der Waals surface area (Å²) in [7, 11) is 0. The first-order valence-electron chi connectivity index (χ1n) is 6.69. The largest absolute Gasteiger partial charge is 0.333 e. The van der Waals surface area contributed by atoms with Gasteiger partial charge in [0.2, 0.25) is 0 Å². The Morgan fingerprint density at radius 1 is 1.35 bits per heavy atom. The molecule has 1 aromatic carbocycles. The lowest BCUT2D eigenvalue weighted by Crippen LogP contribution is -2.30. The maximum absolute atomic E-state index is 12.6. The molecule has 1 aliphatic rings. The van der Waals surface area contributed by atoms with Crippen LogP contribution in [0.2, 0.25) is 5.02 Å². The summed E-state index contributed by atoms with van der Waals surface area (Å²) in [5.74, 6) is 0.0292. The zero-order chi connectivity index (χ0) is 14.1. The Kier molecular flexibility index (Phi) is 3.49. The smallest absolute Gasteiger partial charge is 0.254 e. The van der Waals surface area contributed by atoms with Crippen molar-refractivity contribution < 1.29 is 4.79 Å². The van der Waals surface area contributed by atoms with Gasteiger partial charge >= 0.3 is 0 Å². The first-order valence-corrected chi connectivity index (χ1v) is 7.07. The molecule has 2 aromatic rings. The molecule has 4 nitrogen and oxygen atoms in total. The highest BCUT2D eigenvalue weighted by atomic mass is 35.5. The highest BCUT2D eigenvalue weighted by molar-refractivity contribution is 6.31. The topological polar surface area (TPSA) is 38.1 Å². The highest BCUT2D eigenvalue weighted by Crippen LogP contribution is 2.20. The van der Waals surface area contributed by atoms with Crippen molar-refractivity contribution in [2.45, 2.75) is 26.4 Å². The van der Waals surface area contributed by atoms with E-state index in [1.807, 2.05) is 36.5 Å². The van der Waals surface area contributed by atoms with Crippen LogP contribution in [-0.4, -0.2) is 26.9 Å². The molecule has 1 aromatic heterocycles. The summed E-state index contributed by atoms with van der Waals surface area (Å²) in [6.45, 7) is 4.20. The summed E-state index contributed by atoms with van der Waals surface area (Å²) >= 11 is 6.11. The number of hydrogen-bond donors (Lipinski definition) is 0. The average Bonchev–Trinajstić information content (AvgIpc) is 2.78. The van der Waals surface area contributed by atoms with Crippen molar-refractivity contribution in [1.82, 2.24) is 14.5 Å². The monoisotopic (exact) mass is 289 g/mol. The summed E-state index contributed by atoms with van der Waals surface area (Å²) in [5.41, 5.74) is 2.71. The number of halogens is 1. The molecule has 1 amide bonds. The maximum Gasteiger partial charge on any atom is 0.254 e. The van der Waals surface area contributed by atoms with Gasteiger partial charge in [-0.15, -0.1) is 0 Å². The third-order valence-electron chi connectivity index (χ3n) is 3.68. The predicted molar refractivity (Wildman–Crippen MR) is 77.8 cm³/mol. The summed E-state index contributed by atoms with van der Waals surface area (Å²) < 4.78 is 2.11. The van der Waals surface area contributed by atoms with E-state index in [1.165, 1.54) is 0 Å². The minimum Gasteiger partial charge on any atom is -0.333 e. The molecule has 0 bridgehead atoms. The van der Waals surface area contributed by atoms with E-state index in [4.69, 9.17) is 11.6 Å². The number of nitrogens with zero attached hydrogens (tertiary/aromatic N) is 3. The fourth-order valence-electron chi connectivity index (χ4n) is 2.47. The standard InChI is InChI=1S/C15H16ClN3O/c1-11-3-4-12(7-14(11)16)15(20)18-5-2-6-19-10-17-8-13(19)9-18/h3-4,7-8,10H,2,5-6,9H2,1H3. The molecule has 104 valence electrons. The molecule has 0 unspecified atom stereocenters. The van der Waals surface area contributed by atoms with Crippen LogP contribution >= 0.6 is 11.6 Å². The van der Waals surface area contributed by atoms with Gasteiger partial charge in [0, 0.05) is 29.9 Å². The first-order chi connectivity index (χ1) is 9.65. The van der Waals surface area contributed by atoms with E-state index in [2.05, 4.69) is 9.55 Å². The van der Waals surface area contributed by atoms with E-state index in [9.17, 15) is 4.79 Å². The van der Waals surface area contributed by atoms with E-state index in [-0.39, 0.29) is 5.91 Å². The zero-order valence-electron chi connectivity index (χ0n) is 11.3. The fraction of sp³-hybridized carbons (Fsp3) is 0.333. The molecule has 20 heavy (non-hydrogen) atoms. The van der Waals surface area contributed by atoms with E-state index in [1.54, 1.807) is 6.07 Å². The number of carbonyl (C=O) groups is 1. The van der Waals surface area contributed by atoms with Gasteiger partial charge in [-0.1, -0.05) is 17.7 Å². The molecule has 0 N–H and O–H groups in total. The van der Waals surface area contributed by atoms with E-state index >= 15 is 0 Å². The van der Waals surface area contributed by atoms with Gasteiger partial charge in [-0.25, -0.2) is 4.98 Å². The minimum absolute atomic E-state index is 0.0292. The molecule has 0 saturated carbocycles. The van der Waals surface area contributed by atoms with Gasteiger partial charge in [-0.05, 0) is 31.0 Å². The lowest BCUT2D eigenvalue weighted by atomic mass is 10.1. The van der Waals surface area contributed by atoms with Crippen molar-refractivity contribution in [2.24, 2.45) is 0 Å². The van der Waals surface area contributed by atoms with E-state index < -0.39 is 0 Å². The first kappa shape index (κ1) is 13.2. The molecule has 0 saturated heterocycles. The molecule has 0 radical (unpaired) electrons. The van der Waals surface area contributed by atoms with Gasteiger partial charge in [0.05, 0.1) is 18.6 Å². The van der Waals surface area contributed by atoms with Crippen LogP contribution in [0.5, 0.6) is 0 Å². The number of hydrogen-bond acceptors (Lipinski definition) is 2. The van der Waals surface area contributed by atoms with Crippen LogP contribution in [0.1, 0.15) is 28.0 Å². The third-order valence-corrected chi connectivity index (χ3v) is 4.09. The molecular weight excluding hydrogens is 274 g/mol. The van der Waals surface area contributed by atoms with Crippen LogP contribution in [0.3, 0.4) is 0 Å². The molecule has 0 fully saturated rings. The Hall–Kier alpha value is -1.81. The predicted octanol–water partition coefficient (Wildman–Crippen LogP) is 2.89. The lowest BCUT2D eigenvalue weighted by Gasteiger charge is -2.20. The van der Waals surface area contributed by atoms with Gasteiger partial charge in [0.15, 0.2) is 0 Å². The fourth-order valence-corrected chi connectivity index (χ4v) is 2.65. The Balaban J connectivity index is 1.85. The van der Waals surface area contributed by atoms with Crippen molar-refractivity contribution in [3.05, 3.63) is 52.6 Å². The number of amides is 1. The maximum atomic E-state index is 12.6. The molecule has 5 heteroatoms. The minimum atomic E-state index is 0.0292. The van der Waals surface area contributed by atoms with Crippen LogP contribution in [0, 0.1) is 6.92 Å². The van der Waals surface area contributed by atoms with Crippen LogP contribution < -0.4 is 0 Å². The number of aryl methyl sites for hydroxylation is 2. The third kappa shape index (κ3) is 2.43. The van der Waals surface area contributed by atoms with Crippen molar-refractivity contribution in [3.63, 3.8) is 0 Å². The Labute approximate surface area is 123 Å². The summed E-state index contributed by atoms with van der Waals surface area (Å²) in [6, 6.07) is 5.48. The Morgan fingerprint density at radius 2 is 2.20 bits per heavy atom. The van der Waals surface area contributed by atoms with Crippen molar-refractivity contribution in [2.75, 3.05) is 6.54 Å².